The molecule has 1 N–H and O–H groups in total. The maximum Gasteiger partial charge on any atom is 0.230 e. The van der Waals surface area contributed by atoms with Crippen molar-refractivity contribution in [1.29, 1.82) is 0 Å². The predicted octanol–water partition coefficient (Wildman–Crippen LogP) is 2.42. The number of ether oxygens (including phenoxy) is 1. The number of aryl methyl sites for hydroxylation is 2. The highest BCUT2D eigenvalue weighted by Gasteiger charge is 2.05. The number of rotatable bonds is 3. The number of hydrogen-bond acceptors (Lipinski definition) is 5. The van der Waals surface area contributed by atoms with Crippen molar-refractivity contribution in [3.63, 3.8) is 0 Å². The van der Waals surface area contributed by atoms with Gasteiger partial charge in [-0.05, 0) is 25.1 Å². The van der Waals surface area contributed by atoms with E-state index in [0.717, 1.165) is 22.4 Å². The molecule has 0 atom stereocenters. The summed E-state index contributed by atoms with van der Waals surface area (Å²) in [5, 5.41) is 3.17. The van der Waals surface area contributed by atoms with Crippen molar-refractivity contribution in [2.75, 3.05) is 12.4 Å². The van der Waals surface area contributed by atoms with E-state index in [1.807, 2.05) is 36.7 Å². The van der Waals surface area contributed by atoms with Gasteiger partial charge >= 0.3 is 0 Å². The van der Waals surface area contributed by atoms with Gasteiger partial charge in [0, 0.05) is 24.5 Å². The third-order valence-electron chi connectivity index (χ3n) is 3.02. The lowest BCUT2D eigenvalue weighted by molar-refractivity contribution is 0.397. The summed E-state index contributed by atoms with van der Waals surface area (Å²) < 4.78 is 7.12. The van der Waals surface area contributed by atoms with Gasteiger partial charge in [-0.2, -0.15) is 4.98 Å². The van der Waals surface area contributed by atoms with E-state index in [-0.39, 0.29) is 0 Å². The first kappa shape index (κ1) is 12.4. The molecule has 3 rings (SSSR count). The highest BCUT2D eigenvalue weighted by Crippen LogP contribution is 2.21. The Hall–Kier alpha value is -2.63. The maximum absolute atomic E-state index is 5.14. The Morgan fingerprint density at radius 3 is 2.85 bits per heavy atom. The zero-order valence-corrected chi connectivity index (χ0v) is 11.6. The number of benzene rings is 1. The van der Waals surface area contributed by atoms with E-state index < -0.39 is 0 Å². The van der Waals surface area contributed by atoms with Crippen molar-refractivity contribution < 1.29 is 4.74 Å². The molecule has 0 saturated heterocycles. The summed E-state index contributed by atoms with van der Waals surface area (Å²) in [4.78, 5) is 12.9. The zero-order valence-electron chi connectivity index (χ0n) is 11.6. The second kappa shape index (κ2) is 4.80. The Kier molecular flexibility index (Phi) is 2.98. The quantitative estimate of drug-likeness (QED) is 0.791. The van der Waals surface area contributed by atoms with Gasteiger partial charge in [0.1, 0.15) is 0 Å². The first-order valence-electron chi connectivity index (χ1n) is 6.23. The van der Waals surface area contributed by atoms with Gasteiger partial charge in [0.05, 0.1) is 24.5 Å². The smallest absolute Gasteiger partial charge is 0.230 e. The standard InChI is InChI=1S/C14H15N5O/c1-9-6-13(20-3)18-14(16-9)17-10-4-5-12-11(7-10)15-8-19(12)2/h4-8H,1-3H3,(H,16,17,18). The number of hydrogen-bond donors (Lipinski definition) is 1. The van der Waals surface area contributed by atoms with Gasteiger partial charge in [-0.3, -0.25) is 0 Å². The van der Waals surface area contributed by atoms with Crippen LogP contribution in [0, 0.1) is 6.92 Å². The number of anilines is 2. The van der Waals surface area contributed by atoms with Crippen LogP contribution in [0.15, 0.2) is 30.6 Å². The Balaban J connectivity index is 1.94. The molecule has 0 amide bonds. The van der Waals surface area contributed by atoms with E-state index >= 15 is 0 Å². The van der Waals surface area contributed by atoms with E-state index in [0.29, 0.717) is 11.8 Å². The zero-order chi connectivity index (χ0) is 14.1. The topological polar surface area (TPSA) is 64.9 Å². The minimum atomic E-state index is 0.511. The average molecular weight is 269 g/mol. The molecule has 0 bridgehead atoms. The van der Waals surface area contributed by atoms with Crippen LogP contribution < -0.4 is 10.1 Å². The van der Waals surface area contributed by atoms with Crippen LogP contribution in [0.5, 0.6) is 5.88 Å². The van der Waals surface area contributed by atoms with Crippen LogP contribution in [0.2, 0.25) is 0 Å². The fraction of sp³-hybridized carbons (Fsp3) is 0.214. The van der Waals surface area contributed by atoms with E-state index in [1.165, 1.54) is 0 Å². The summed E-state index contributed by atoms with van der Waals surface area (Å²) in [7, 11) is 3.56. The predicted molar refractivity (Wildman–Crippen MR) is 77.3 cm³/mol. The molecule has 0 unspecified atom stereocenters. The summed E-state index contributed by atoms with van der Waals surface area (Å²) in [6.45, 7) is 1.90. The summed E-state index contributed by atoms with van der Waals surface area (Å²) >= 11 is 0. The fourth-order valence-electron chi connectivity index (χ4n) is 2.04. The summed E-state index contributed by atoms with van der Waals surface area (Å²) in [6.07, 6.45) is 1.79. The molecule has 0 radical (unpaired) electrons. The molecule has 2 aromatic heterocycles. The van der Waals surface area contributed by atoms with Crippen LogP contribution >= 0.6 is 0 Å². The molecule has 0 aliphatic rings. The van der Waals surface area contributed by atoms with Gasteiger partial charge < -0.3 is 14.6 Å². The minimum absolute atomic E-state index is 0.511. The molecule has 0 saturated carbocycles. The summed E-state index contributed by atoms with van der Waals surface area (Å²) in [6, 6.07) is 7.74. The first-order valence-corrected chi connectivity index (χ1v) is 6.23. The van der Waals surface area contributed by atoms with E-state index in [9.17, 15) is 0 Å². The largest absolute Gasteiger partial charge is 0.481 e. The summed E-state index contributed by atoms with van der Waals surface area (Å²) in [5.41, 5.74) is 3.75. The monoisotopic (exact) mass is 269 g/mol. The van der Waals surface area contributed by atoms with Crippen molar-refractivity contribution >= 4 is 22.7 Å². The second-order valence-corrected chi connectivity index (χ2v) is 4.56. The fourth-order valence-corrected chi connectivity index (χ4v) is 2.04. The Bertz CT molecular complexity index is 765. The van der Waals surface area contributed by atoms with E-state index in [2.05, 4.69) is 20.3 Å². The number of methoxy groups -OCH3 is 1. The van der Waals surface area contributed by atoms with E-state index in [1.54, 1.807) is 19.5 Å². The third kappa shape index (κ3) is 2.27. The van der Waals surface area contributed by atoms with Crippen molar-refractivity contribution in [3.8, 4) is 5.88 Å². The Labute approximate surface area is 116 Å². The SMILES string of the molecule is COc1cc(C)nc(Nc2ccc3c(c2)ncn3C)n1. The molecule has 0 aliphatic heterocycles. The molecule has 1 aromatic carbocycles. The molecule has 0 fully saturated rings. The van der Waals surface area contributed by atoms with Gasteiger partial charge in [0.15, 0.2) is 0 Å². The highest BCUT2D eigenvalue weighted by atomic mass is 16.5. The van der Waals surface area contributed by atoms with Crippen molar-refractivity contribution in [2.45, 2.75) is 6.92 Å². The van der Waals surface area contributed by atoms with Crippen LogP contribution in [0.1, 0.15) is 5.69 Å². The summed E-state index contributed by atoms with van der Waals surface area (Å²) in [5.74, 6) is 1.05. The lowest BCUT2D eigenvalue weighted by atomic mass is 10.3. The minimum Gasteiger partial charge on any atom is -0.481 e. The van der Waals surface area contributed by atoms with E-state index in [4.69, 9.17) is 4.74 Å². The lowest BCUT2D eigenvalue weighted by Crippen LogP contribution is -2.00. The Morgan fingerprint density at radius 2 is 2.05 bits per heavy atom. The van der Waals surface area contributed by atoms with Crippen LogP contribution in [0.25, 0.3) is 11.0 Å². The van der Waals surface area contributed by atoms with Gasteiger partial charge in [-0.1, -0.05) is 0 Å². The molecule has 0 spiro atoms. The molecular weight excluding hydrogens is 254 g/mol. The molecule has 3 aromatic rings. The molecule has 0 aliphatic carbocycles. The van der Waals surface area contributed by atoms with Crippen molar-refractivity contribution in [1.82, 2.24) is 19.5 Å². The molecule has 20 heavy (non-hydrogen) atoms. The van der Waals surface area contributed by atoms with Crippen molar-refractivity contribution in [2.24, 2.45) is 7.05 Å². The molecule has 2 heterocycles. The van der Waals surface area contributed by atoms with Crippen LogP contribution in [0.4, 0.5) is 11.6 Å². The maximum atomic E-state index is 5.14. The van der Waals surface area contributed by atoms with Crippen LogP contribution in [0.3, 0.4) is 0 Å². The molecular formula is C14H15N5O. The first-order chi connectivity index (χ1) is 9.65. The van der Waals surface area contributed by atoms with Gasteiger partial charge in [0.2, 0.25) is 11.8 Å². The van der Waals surface area contributed by atoms with Gasteiger partial charge in [0.25, 0.3) is 0 Å². The average Bonchev–Trinajstić information content (AvgIpc) is 2.79. The molecule has 102 valence electrons. The second-order valence-electron chi connectivity index (χ2n) is 4.56. The Morgan fingerprint density at radius 1 is 1.20 bits per heavy atom. The van der Waals surface area contributed by atoms with Crippen LogP contribution in [-0.4, -0.2) is 26.6 Å². The molecule has 6 heteroatoms. The van der Waals surface area contributed by atoms with Crippen LogP contribution in [-0.2, 0) is 7.05 Å². The number of nitrogens with one attached hydrogen (secondary N) is 1. The molecule has 6 nitrogen and oxygen atoms in total. The number of aromatic nitrogens is 4. The number of fused-ring (bicyclic) bond motifs is 1. The number of imidazole rings is 1. The van der Waals surface area contributed by atoms with Gasteiger partial charge in [-0.15, -0.1) is 0 Å². The van der Waals surface area contributed by atoms with Crippen molar-refractivity contribution in [3.05, 3.63) is 36.3 Å². The third-order valence-corrected chi connectivity index (χ3v) is 3.02. The lowest BCUT2D eigenvalue weighted by Gasteiger charge is -2.07. The van der Waals surface area contributed by atoms with Gasteiger partial charge in [-0.25, -0.2) is 9.97 Å². The number of nitrogens with zero attached hydrogens (tertiary/aromatic N) is 4. The highest BCUT2D eigenvalue weighted by molar-refractivity contribution is 5.80. The normalized spacial score (nSPS) is 10.8.